The van der Waals surface area contributed by atoms with Gasteiger partial charge >= 0.3 is 0 Å². The van der Waals surface area contributed by atoms with Gasteiger partial charge in [-0.3, -0.25) is 9.79 Å². The van der Waals surface area contributed by atoms with Gasteiger partial charge in [-0.15, -0.1) is 0 Å². The minimum Gasteiger partial charge on any atom is -0.356 e. The molecule has 0 heterocycles. The smallest absolute Gasteiger partial charge is 0.239 e. The third-order valence-corrected chi connectivity index (χ3v) is 3.69. The molecule has 0 aliphatic rings. The summed E-state index contributed by atoms with van der Waals surface area (Å²) >= 11 is 0. The molecule has 0 atom stereocenters. The number of benzene rings is 1. The lowest BCUT2D eigenvalue weighted by atomic mass is 9.84. The highest BCUT2D eigenvalue weighted by atomic mass is 16.2. The highest BCUT2D eigenvalue weighted by Crippen LogP contribution is 2.22. The molecule has 0 aromatic heterocycles. The molecular formula is C19H32N4O. The second kappa shape index (κ2) is 8.18. The summed E-state index contributed by atoms with van der Waals surface area (Å²) in [6, 6.07) is 8.57. The summed E-state index contributed by atoms with van der Waals surface area (Å²) in [6.45, 7) is 13.3. The van der Waals surface area contributed by atoms with E-state index >= 15 is 0 Å². The summed E-state index contributed by atoms with van der Waals surface area (Å²) in [5.41, 5.74) is 2.24. The molecule has 134 valence electrons. The average Bonchev–Trinajstić information content (AvgIpc) is 2.46. The van der Waals surface area contributed by atoms with E-state index in [1.54, 1.807) is 7.05 Å². The Morgan fingerprint density at radius 3 is 2.12 bits per heavy atom. The van der Waals surface area contributed by atoms with E-state index in [1.165, 1.54) is 11.1 Å². The van der Waals surface area contributed by atoms with Crippen molar-refractivity contribution in [2.75, 3.05) is 20.1 Å². The van der Waals surface area contributed by atoms with Crippen LogP contribution in [0.2, 0.25) is 0 Å². The van der Waals surface area contributed by atoms with Crippen molar-refractivity contribution in [2.24, 2.45) is 4.99 Å². The summed E-state index contributed by atoms with van der Waals surface area (Å²) in [5.74, 6) is 0.572. The molecule has 0 spiro atoms. The maximum atomic E-state index is 11.9. The van der Waals surface area contributed by atoms with Gasteiger partial charge < -0.3 is 16.0 Å². The Kier molecular flexibility index (Phi) is 6.81. The zero-order valence-corrected chi connectivity index (χ0v) is 16.1. The topological polar surface area (TPSA) is 65.5 Å². The maximum absolute atomic E-state index is 11.9. The summed E-state index contributed by atoms with van der Waals surface area (Å²) in [5, 5.41) is 9.27. The van der Waals surface area contributed by atoms with Crippen LogP contribution in [0.25, 0.3) is 0 Å². The van der Waals surface area contributed by atoms with Gasteiger partial charge in [-0.2, -0.15) is 0 Å². The highest BCUT2D eigenvalue weighted by Gasteiger charge is 2.21. The van der Waals surface area contributed by atoms with Crippen molar-refractivity contribution in [1.29, 1.82) is 0 Å². The lowest BCUT2D eigenvalue weighted by molar-refractivity contribution is -0.121. The number of rotatable bonds is 5. The number of aliphatic imine (C=N–C) groups is 1. The second-order valence-corrected chi connectivity index (χ2v) is 7.83. The molecule has 0 fully saturated rings. The van der Waals surface area contributed by atoms with Crippen LogP contribution in [-0.4, -0.2) is 37.5 Å². The van der Waals surface area contributed by atoms with Crippen molar-refractivity contribution in [2.45, 2.75) is 52.5 Å². The minimum absolute atomic E-state index is 0.0427. The van der Waals surface area contributed by atoms with E-state index in [9.17, 15) is 4.79 Å². The Morgan fingerprint density at radius 2 is 1.62 bits per heavy atom. The molecule has 0 saturated heterocycles. The van der Waals surface area contributed by atoms with E-state index in [0.29, 0.717) is 5.96 Å². The molecule has 1 amide bonds. The van der Waals surface area contributed by atoms with Crippen molar-refractivity contribution in [3.63, 3.8) is 0 Å². The van der Waals surface area contributed by atoms with Crippen LogP contribution in [0.4, 0.5) is 0 Å². The normalized spacial score (nSPS) is 12.7. The maximum Gasteiger partial charge on any atom is 0.239 e. The van der Waals surface area contributed by atoms with Gasteiger partial charge in [-0.1, -0.05) is 43.7 Å². The Morgan fingerprint density at radius 1 is 1.04 bits per heavy atom. The SMILES string of the molecule is CN=C(NCC(=O)NC(C)(C)C)NCC(C)(C)c1ccc(C)cc1. The van der Waals surface area contributed by atoms with E-state index in [-0.39, 0.29) is 23.4 Å². The number of carbonyl (C=O) groups is 1. The molecule has 0 aliphatic carbocycles. The molecule has 1 aromatic rings. The Bertz CT molecular complexity index is 568. The number of aryl methyl sites for hydroxylation is 1. The molecule has 0 bridgehead atoms. The van der Waals surface area contributed by atoms with Gasteiger partial charge in [0.15, 0.2) is 5.96 Å². The molecule has 0 unspecified atom stereocenters. The number of nitrogens with zero attached hydrogens (tertiary/aromatic N) is 1. The van der Waals surface area contributed by atoms with Crippen LogP contribution >= 0.6 is 0 Å². The summed E-state index contributed by atoms with van der Waals surface area (Å²) < 4.78 is 0. The molecule has 0 radical (unpaired) electrons. The molecule has 5 nitrogen and oxygen atoms in total. The second-order valence-electron chi connectivity index (χ2n) is 7.83. The first kappa shape index (κ1) is 20.0. The number of guanidine groups is 1. The molecule has 3 N–H and O–H groups in total. The fourth-order valence-corrected chi connectivity index (χ4v) is 2.26. The van der Waals surface area contributed by atoms with Gasteiger partial charge in [-0.05, 0) is 33.3 Å². The average molecular weight is 332 g/mol. The van der Waals surface area contributed by atoms with E-state index in [2.05, 4.69) is 66.0 Å². The van der Waals surface area contributed by atoms with Crippen molar-refractivity contribution in [1.82, 2.24) is 16.0 Å². The first-order valence-electron chi connectivity index (χ1n) is 8.36. The summed E-state index contributed by atoms with van der Waals surface area (Å²) in [4.78, 5) is 16.1. The van der Waals surface area contributed by atoms with Crippen LogP contribution < -0.4 is 16.0 Å². The van der Waals surface area contributed by atoms with Crippen LogP contribution in [-0.2, 0) is 10.2 Å². The van der Waals surface area contributed by atoms with Crippen LogP contribution in [0.1, 0.15) is 45.7 Å². The van der Waals surface area contributed by atoms with Gasteiger partial charge in [0.2, 0.25) is 5.91 Å². The lowest BCUT2D eigenvalue weighted by Gasteiger charge is -2.27. The number of amides is 1. The number of nitrogens with one attached hydrogen (secondary N) is 3. The lowest BCUT2D eigenvalue weighted by Crippen LogP contribution is -2.49. The molecule has 1 aromatic carbocycles. The quantitative estimate of drug-likeness (QED) is 0.573. The van der Waals surface area contributed by atoms with Gasteiger partial charge in [0.05, 0.1) is 6.54 Å². The van der Waals surface area contributed by atoms with Gasteiger partial charge in [0, 0.05) is 24.5 Å². The number of hydrogen-bond donors (Lipinski definition) is 3. The standard InChI is InChI=1S/C19H32N4O/c1-14-8-10-15(11-9-14)19(5,6)13-22-17(20-7)21-12-16(24)23-18(2,3)4/h8-11H,12-13H2,1-7H3,(H,23,24)(H2,20,21,22). The molecule has 0 saturated carbocycles. The summed E-state index contributed by atoms with van der Waals surface area (Å²) in [6.07, 6.45) is 0. The first-order valence-corrected chi connectivity index (χ1v) is 8.36. The fraction of sp³-hybridized carbons (Fsp3) is 0.579. The van der Waals surface area contributed by atoms with Crippen molar-refractivity contribution < 1.29 is 4.79 Å². The van der Waals surface area contributed by atoms with Crippen LogP contribution in [0.15, 0.2) is 29.3 Å². The Labute approximate surface area is 146 Å². The largest absolute Gasteiger partial charge is 0.356 e. The van der Waals surface area contributed by atoms with Gasteiger partial charge in [0.1, 0.15) is 0 Å². The molecular weight excluding hydrogens is 300 g/mol. The van der Waals surface area contributed by atoms with E-state index in [4.69, 9.17) is 0 Å². The predicted molar refractivity (Wildman–Crippen MR) is 101 cm³/mol. The van der Waals surface area contributed by atoms with Crippen LogP contribution in [0.3, 0.4) is 0 Å². The van der Waals surface area contributed by atoms with E-state index in [0.717, 1.165) is 6.54 Å². The van der Waals surface area contributed by atoms with Crippen molar-refractivity contribution in [3.8, 4) is 0 Å². The van der Waals surface area contributed by atoms with Gasteiger partial charge in [0.25, 0.3) is 0 Å². The molecule has 24 heavy (non-hydrogen) atoms. The van der Waals surface area contributed by atoms with E-state index < -0.39 is 0 Å². The Hall–Kier alpha value is -2.04. The highest BCUT2D eigenvalue weighted by molar-refractivity contribution is 5.86. The van der Waals surface area contributed by atoms with Crippen LogP contribution in [0.5, 0.6) is 0 Å². The monoisotopic (exact) mass is 332 g/mol. The first-order chi connectivity index (χ1) is 11.0. The molecule has 5 heteroatoms. The van der Waals surface area contributed by atoms with Crippen molar-refractivity contribution >= 4 is 11.9 Å². The third kappa shape index (κ3) is 7.02. The van der Waals surface area contributed by atoms with E-state index in [1.807, 2.05) is 20.8 Å². The fourth-order valence-electron chi connectivity index (χ4n) is 2.26. The third-order valence-electron chi connectivity index (χ3n) is 3.69. The zero-order valence-electron chi connectivity index (χ0n) is 16.1. The minimum atomic E-state index is -0.233. The molecule has 0 aliphatic heterocycles. The number of hydrogen-bond acceptors (Lipinski definition) is 2. The zero-order chi connectivity index (χ0) is 18.4. The van der Waals surface area contributed by atoms with Gasteiger partial charge in [-0.25, -0.2) is 0 Å². The molecule has 1 rings (SSSR count). The number of carbonyl (C=O) groups excluding carboxylic acids is 1. The van der Waals surface area contributed by atoms with Crippen molar-refractivity contribution in [3.05, 3.63) is 35.4 Å². The summed E-state index contributed by atoms with van der Waals surface area (Å²) in [7, 11) is 1.70. The predicted octanol–water partition coefficient (Wildman–Crippen LogP) is 2.35. The van der Waals surface area contributed by atoms with Crippen LogP contribution in [0, 0.1) is 6.92 Å². The Balaban J connectivity index is 2.54.